The Bertz CT molecular complexity index is 974. The lowest BCUT2D eigenvalue weighted by molar-refractivity contribution is -0.119. The highest BCUT2D eigenvalue weighted by molar-refractivity contribution is 9.10. The highest BCUT2D eigenvalue weighted by Crippen LogP contribution is 2.28. The zero-order valence-corrected chi connectivity index (χ0v) is 16.2. The van der Waals surface area contributed by atoms with E-state index in [-0.39, 0.29) is 11.8 Å². The van der Waals surface area contributed by atoms with Crippen LogP contribution in [-0.2, 0) is 9.53 Å². The van der Waals surface area contributed by atoms with E-state index in [1.165, 1.54) is 0 Å². The molecule has 1 N–H and O–H groups in total. The number of fused-ring (bicyclic) bond motifs is 1. The summed E-state index contributed by atoms with van der Waals surface area (Å²) in [6.07, 6.45) is 1.59. The largest absolute Gasteiger partial charge is 0.450 e. The summed E-state index contributed by atoms with van der Waals surface area (Å²) in [5.41, 5.74) is 1.26. The average Bonchev–Trinajstić information content (AvgIpc) is 3.18. The zero-order valence-electron chi connectivity index (χ0n) is 14.6. The van der Waals surface area contributed by atoms with Gasteiger partial charge in [-0.3, -0.25) is 4.79 Å². The first kappa shape index (κ1) is 18.2. The van der Waals surface area contributed by atoms with Gasteiger partial charge < -0.3 is 14.5 Å². The number of carbonyl (C=O) groups is 2. The minimum Gasteiger partial charge on any atom is -0.450 e. The number of hydrogen-bond acceptors (Lipinski definition) is 5. The molecular weight excluding hydrogens is 402 g/mol. The maximum absolute atomic E-state index is 12.3. The molecule has 0 aliphatic rings. The Hall–Kier alpha value is -2.61. The molecule has 7 nitrogen and oxygen atoms in total. The van der Waals surface area contributed by atoms with Gasteiger partial charge in [-0.05, 0) is 39.0 Å². The number of carbonyl (C=O) groups excluding carboxylic acids is 2. The van der Waals surface area contributed by atoms with E-state index in [1.54, 1.807) is 29.9 Å². The number of benzene rings is 1. The van der Waals surface area contributed by atoms with Crippen molar-refractivity contribution in [2.75, 3.05) is 11.9 Å². The van der Waals surface area contributed by atoms with E-state index < -0.39 is 18.5 Å². The summed E-state index contributed by atoms with van der Waals surface area (Å²) in [6, 6.07) is 7.24. The second-order valence-corrected chi connectivity index (χ2v) is 6.99. The summed E-state index contributed by atoms with van der Waals surface area (Å²) in [6.45, 7) is 5.26. The Balaban J connectivity index is 1.66. The molecule has 0 unspecified atom stereocenters. The monoisotopic (exact) mass is 419 g/mol. The van der Waals surface area contributed by atoms with Gasteiger partial charge in [-0.1, -0.05) is 15.9 Å². The number of esters is 1. The highest BCUT2D eigenvalue weighted by atomic mass is 79.9. The Morgan fingerprint density at radius 2 is 2.12 bits per heavy atom. The smallest absolute Gasteiger partial charge is 0.375 e. The van der Waals surface area contributed by atoms with Crippen molar-refractivity contribution in [3.8, 4) is 0 Å². The van der Waals surface area contributed by atoms with Crippen LogP contribution in [0.2, 0.25) is 0 Å². The fourth-order valence-electron chi connectivity index (χ4n) is 2.59. The number of aryl methyl sites for hydroxylation is 1. The second-order valence-electron chi connectivity index (χ2n) is 6.08. The highest BCUT2D eigenvalue weighted by Gasteiger charge is 2.20. The summed E-state index contributed by atoms with van der Waals surface area (Å²) in [5, 5.41) is 7.62. The quantitative estimate of drug-likeness (QED) is 0.629. The van der Waals surface area contributed by atoms with Gasteiger partial charge >= 0.3 is 5.97 Å². The van der Waals surface area contributed by atoms with Crippen LogP contribution in [0.1, 0.15) is 36.0 Å². The van der Waals surface area contributed by atoms with Gasteiger partial charge in [0.2, 0.25) is 5.76 Å². The molecule has 0 bridgehead atoms. The Kier molecular flexibility index (Phi) is 5.13. The van der Waals surface area contributed by atoms with Crippen LogP contribution >= 0.6 is 15.9 Å². The van der Waals surface area contributed by atoms with Crippen LogP contribution in [0.5, 0.6) is 0 Å². The molecule has 0 fully saturated rings. The molecule has 0 saturated carbocycles. The number of furan rings is 1. The van der Waals surface area contributed by atoms with Crippen LogP contribution < -0.4 is 5.32 Å². The molecular formula is C18H18BrN3O4. The van der Waals surface area contributed by atoms with Crippen molar-refractivity contribution in [3.63, 3.8) is 0 Å². The van der Waals surface area contributed by atoms with Crippen molar-refractivity contribution < 1.29 is 18.7 Å². The molecule has 0 saturated heterocycles. The van der Waals surface area contributed by atoms with Gasteiger partial charge in [0.05, 0.1) is 6.20 Å². The third-order valence-corrected chi connectivity index (χ3v) is 4.34. The van der Waals surface area contributed by atoms with Crippen LogP contribution in [0.15, 0.2) is 39.4 Å². The van der Waals surface area contributed by atoms with Gasteiger partial charge in [0.25, 0.3) is 5.91 Å². The number of ether oxygens (including phenoxy) is 1. The number of nitrogens with one attached hydrogen (secondary N) is 1. The molecule has 0 aliphatic carbocycles. The average molecular weight is 420 g/mol. The van der Waals surface area contributed by atoms with Crippen LogP contribution in [0.4, 0.5) is 5.82 Å². The Morgan fingerprint density at radius 3 is 2.85 bits per heavy atom. The lowest BCUT2D eigenvalue weighted by Gasteiger charge is -2.11. The van der Waals surface area contributed by atoms with Crippen molar-refractivity contribution in [2.45, 2.75) is 26.8 Å². The van der Waals surface area contributed by atoms with E-state index >= 15 is 0 Å². The SMILES string of the molecule is Cc1c(C(=O)OCC(=O)Nc2ccnn2C(C)C)oc2ccc(Br)cc12. The first-order chi connectivity index (χ1) is 12.4. The molecule has 26 heavy (non-hydrogen) atoms. The summed E-state index contributed by atoms with van der Waals surface area (Å²) >= 11 is 3.39. The van der Waals surface area contributed by atoms with E-state index in [0.29, 0.717) is 17.0 Å². The van der Waals surface area contributed by atoms with Gasteiger partial charge in [-0.25, -0.2) is 9.48 Å². The molecule has 0 atom stereocenters. The molecule has 136 valence electrons. The molecule has 2 aromatic heterocycles. The van der Waals surface area contributed by atoms with Crippen LogP contribution in [0.3, 0.4) is 0 Å². The van der Waals surface area contributed by atoms with Crippen LogP contribution in [-0.4, -0.2) is 28.3 Å². The third kappa shape index (κ3) is 3.65. The Labute approximate surface area is 158 Å². The van der Waals surface area contributed by atoms with Gasteiger partial charge in [-0.15, -0.1) is 0 Å². The Morgan fingerprint density at radius 1 is 1.35 bits per heavy atom. The summed E-state index contributed by atoms with van der Waals surface area (Å²) in [5.74, 6) is -0.483. The first-order valence-electron chi connectivity index (χ1n) is 8.06. The molecule has 8 heteroatoms. The number of nitrogens with zero attached hydrogens (tertiary/aromatic N) is 2. The standard InChI is InChI=1S/C18H18BrN3O4/c1-10(2)22-15(6-7-20-22)21-16(23)9-25-18(24)17-11(3)13-8-12(19)4-5-14(13)26-17/h4-8,10H,9H2,1-3H3,(H,21,23). The molecule has 0 spiro atoms. The fraction of sp³-hybridized carbons (Fsp3) is 0.278. The predicted molar refractivity (Wildman–Crippen MR) is 100 cm³/mol. The lowest BCUT2D eigenvalue weighted by Crippen LogP contribution is -2.23. The van der Waals surface area contributed by atoms with E-state index in [1.807, 2.05) is 26.0 Å². The van der Waals surface area contributed by atoms with Gasteiger partial charge in [0.15, 0.2) is 6.61 Å². The minimum atomic E-state index is -0.678. The molecule has 3 rings (SSSR count). The van der Waals surface area contributed by atoms with Crippen LogP contribution in [0.25, 0.3) is 11.0 Å². The topological polar surface area (TPSA) is 86.4 Å². The van der Waals surface area contributed by atoms with Crippen molar-refractivity contribution in [1.29, 1.82) is 0 Å². The molecule has 0 aliphatic heterocycles. The summed E-state index contributed by atoms with van der Waals surface area (Å²) in [4.78, 5) is 24.3. The second kappa shape index (κ2) is 7.33. The number of rotatable bonds is 5. The maximum atomic E-state index is 12.3. The van der Waals surface area contributed by atoms with Crippen molar-refractivity contribution >= 4 is 44.6 Å². The van der Waals surface area contributed by atoms with Crippen molar-refractivity contribution in [2.24, 2.45) is 0 Å². The van der Waals surface area contributed by atoms with Gasteiger partial charge in [0, 0.05) is 27.5 Å². The first-order valence-corrected chi connectivity index (χ1v) is 8.85. The minimum absolute atomic E-state index is 0.0955. The number of hydrogen-bond donors (Lipinski definition) is 1. The van der Waals surface area contributed by atoms with E-state index in [4.69, 9.17) is 9.15 Å². The molecule has 1 aromatic carbocycles. The van der Waals surface area contributed by atoms with Crippen molar-refractivity contribution in [3.05, 3.63) is 46.3 Å². The third-order valence-electron chi connectivity index (χ3n) is 3.84. The number of aromatic nitrogens is 2. The molecule has 0 radical (unpaired) electrons. The predicted octanol–water partition coefficient (Wildman–Crippen LogP) is 4.08. The summed E-state index contributed by atoms with van der Waals surface area (Å²) < 4.78 is 13.2. The lowest BCUT2D eigenvalue weighted by atomic mass is 10.1. The van der Waals surface area contributed by atoms with E-state index in [9.17, 15) is 9.59 Å². The number of halogens is 1. The maximum Gasteiger partial charge on any atom is 0.375 e. The van der Waals surface area contributed by atoms with E-state index in [2.05, 4.69) is 26.3 Å². The number of anilines is 1. The number of amides is 1. The summed E-state index contributed by atoms with van der Waals surface area (Å²) in [7, 11) is 0. The normalized spacial score (nSPS) is 11.1. The van der Waals surface area contributed by atoms with Crippen LogP contribution in [0, 0.1) is 6.92 Å². The zero-order chi connectivity index (χ0) is 18.8. The van der Waals surface area contributed by atoms with E-state index in [0.717, 1.165) is 9.86 Å². The molecule has 2 heterocycles. The van der Waals surface area contributed by atoms with Crippen molar-refractivity contribution in [1.82, 2.24) is 9.78 Å². The van der Waals surface area contributed by atoms with Gasteiger partial charge in [0.1, 0.15) is 11.4 Å². The van der Waals surface area contributed by atoms with Gasteiger partial charge in [-0.2, -0.15) is 5.10 Å². The molecule has 1 amide bonds. The fourth-order valence-corrected chi connectivity index (χ4v) is 2.95. The molecule has 3 aromatic rings.